The molecule has 2 aromatic rings. The van der Waals surface area contributed by atoms with Crippen molar-refractivity contribution in [1.29, 1.82) is 0 Å². The zero-order valence-corrected chi connectivity index (χ0v) is 12.6. The molecule has 24 heavy (non-hydrogen) atoms. The van der Waals surface area contributed by atoms with Crippen molar-refractivity contribution < 1.29 is 28.3 Å². The Morgan fingerprint density at radius 1 is 1.00 bits per heavy atom. The van der Waals surface area contributed by atoms with Crippen molar-refractivity contribution in [2.45, 2.75) is 13.0 Å². The minimum atomic E-state index is -1.10. The van der Waals surface area contributed by atoms with Crippen LogP contribution in [0.15, 0.2) is 48.5 Å². The van der Waals surface area contributed by atoms with E-state index in [4.69, 9.17) is 9.57 Å². The average Bonchev–Trinajstić information content (AvgIpc) is 2.82. The van der Waals surface area contributed by atoms with Crippen LogP contribution in [0.2, 0.25) is 0 Å². The third-order valence-corrected chi connectivity index (χ3v) is 3.40. The molecular formula is C17H12FNO5. The molecule has 0 saturated carbocycles. The average molecular weight is 329 g/mol. The highest BCUT2D eigenvalue weighted by atomic mass is 19.1. The van der Waals surface area contributed by atoms with Crippen LogP contribution in [0.1, 0.15) is 27.6 Å². The van der Waals surface area contributed by atoms with Crippen molar-refractivity contribution in [3.63, 3.8) is 0 Å². The molecule has 0 N–H and O–H groups in total. The molecule has 0 saturated heterocycles. The third-order valence-electron chi connectivity index (χ3n) is 3.40. The summed E-state index contributed by atoms with van der Waals surface area (Å²) in [5, 5.41) is 0.414. The summed E-state index contributed by atoms with van der Waals surface area (Å²) in [4.78, 5) is 41.1. The fourth-order valence-electron chi connectivity index (χ4n) is 2.18. The molecule has 0 radical (unpaired) electrons. The maximum absolute atomic E-state index is 12.8. The number of benzene rings is 2. The van der Waals surface area contributed by atoms with Gasteiger partial charge in [0, 0.05) is 0 Å². The lowest BCUT2D eigenvalue weighted by atomic mass is 10.1. The fraction of sp³-hybridized carbons (Fsp3) is 0.118. The molecule has 1 unspecified atom stereocenters. The largest absolute Gasteiger partial charge is 0.479 e. The van der Waals surface area contributed by atoms with Gasteiger partial charge in [-0.3, -0.25) is 9.59 Å². The van der Waals surface area contributed by atoms with E-state index < -0.39 is 29.7 Å². The Bertz CT molecular complexity index is 783. The van der Waals surface area contributed by atoms with Crippen LogP contribution in [0.5, 0.6) is 5.75 Å². The van der Waals surface area contributed by atoms with E-state index in [1.54, 1.807) is 12.1 Å². The van der Waals surface area contributed by atoms with Crippen LogP contribution in [0, 0.1) is 5.82 Å². The number of halogens is 1. The van der Waals surface area contributed by atoms with Crippen LogP contribution in [0.25, 0.3) is 0 Å². The maximum atomic E-state index is 12.8. The van der Waals surface area contributed by atoms with Gasteiger partial charge in [0.15, 0.2) is 6.10 Å². The Labute approximate surface area is 136 Å². The second-order valence-corrected chi connectivity index (χ2v) is 5.07. The fourth-order valence-corrected chi connectivity index (χ4v) is 2.18. The van der Waals surface area contributed by atoms with Gasteiger partial charge in [0.1, 0.15) is 11.6 Å². The van der Waals surface area contributed by atoms with Gasteiger partial charge in [0.2, 0.25) is 0 Å². The molecule has 2 amide bonds. The number of amides is 2. The number of fused-ring (bicyclic) bond motifs is 1. The highest BCUT2D eigenvalue weighted by Gasteiger charge is 2.39. The Morgan fingerprint density at radius 3 is 2.08 bits per heavy atom. The van der Waals surface area contributed by atoms with Gasteiger partial charge in [-0.2, -0.15) is 0 Å². The van der Waals surface area contributed by atoms with Crippen LogP contribution in [-0.2, 0) is 9.63 Å². The topological polar surface area (TPSA) is 72.9 Å². The smallest absolute Gasteiger partial charge is 0.373 e. The van der Waals surface area contributed by atoms with E-state index in [-0.39, 0.29) is 16.9 Å². The monoisotopic (exact) mass is 329 g/mol. The maximum Gasteiger partial charge on any atom is 0.373 e. The lowest BCUT2D eigenvalue weighted by molar-refractivity contribution is -0.176. The SMILES string of the molecule is CC(Oc1ccc(F)cc1)C(=O)ON1C(=O)c2ccccc2C1=O. The molecule has 2 aromatic carbocycles. The second-order valence-electron chi connectivity index (χ2n) is 5.07. The Kier molecular flexibility index (Phi) is 3.99. The minimum absolute atomic E-state index is 0.169. The summed E-state index contributed by atoms with van der Waals surface area (Å²) in [7, 11) is 0. The second kappa shape index (κ2) is 6.11. The Hall–Kier alpha value is -3.22. The van der Waals surface area contributed by atoms with Gasteiger partial charge in [-0.25, -0.2) is 9.18 Å². The van der Waals surface area contributed by atoms with Crippen LogP contribution in [0.4, 0.5) is 4.39 Å². The van der Waals surface area contributed by atoms with E-state index in [9.17, 15) is 18.8 Å². The number of carbonyl (C=O) groups is 3. The van der Waals surface area contributed by atoms with E-state index in [2.05, 4.69) is 0 Å². The summed E-state index contributed by atoms with van der Waals surface area (Å²) >= 11 is 0. The van der Waals surface area contributed by atoms with Crippen molar-refractivity contribution in [2.75, 3.05) is 0 Å². The lowest BCUT2D eigenvalue weighted by Crippen LogP contribution is -2.37. The van der Waals surface area contributed by atoms with Crippen LogP contribution < -0.4 is 4.74 Å². The van der Waals surface area contributed by atoms with Crippen molar-refractivity contribution in [2.24, 2.45) is 0 Å². The molecule has 1 aliphatic rings. The van der Waals surface area contributed by atoms with Gasteiger partial charge in [0.05, 0.1) is 11.1 Å². The zero-order valence-electron chi connectivity index (χ0n) is 12.6. The highest BCUT2D eigenvalue weighted by Crippen LogP contribution is 2.23. The molecule has 0 fully saturated rings. The van der Waals surface area contributed by atoms with Crippen molar-refractivity contribution in [1.82, 2.24) is 5.06 Å². The lowest BCUT2D eigenvalue weighted by Gasteiger charge is -2.17. The molecule has 122 valence electrons. The summed E-state index contributed by atoms with van der Waals surface area (Å²) in [6.45, 7) is 1.39. The number of rotatable bonds is 4. The van der Waals surface area contributed by atoms with Crippen molar-refractivity contribution in [3.8, 4) is 5.75 Å². The van der Waals surface area contributed by atoms with E-state index in [0.717, 1.165) is 0 Å². The van der Waals surface area contributed by atoms with E-state index >= 15 is 0 Å². The Balaban J connectivity index is 1.68. The molecule has 3 rings (SSSR count). The van der Waals surface area contributed by atoms with Crippen molar-refractivity contribution >= 4 is 17.8 Å². The summed E-state index contributed by atoms with van der Waals surface area (Å²) in [6.07, 6.45) is -1.10. The van der Waals surface area contributed by atoms with E-state index in [1.807, 2.05) is 0 Å². The van der Waals surface area contributed by atoms with Gasteiger partial charge in [-0.1, -0.05) is 17.2 Å². The number of hydroxylamine groups is 2. The van der Waals surface area contributed by atoms with Crippen LogP contribution >= 0.6 is 0 Å². The number of nitrogens with zero attached hydrogens (tertiary/aromatic N) is 1. The first-order valence-electron chi connectivity index (χ1n) is 7.09. The van der Waals surface area contributed by atoms with Gasteiger partial charge < -0.3 is 9.57 Å². The van der Waals surface area contributed by atoms with Gasteiger partial charge >= 0.3 is 5.97 Å². The quantitative estimate of drug-likeness (QED) is 0.805. The molecular weight excluding hydrogens is 317 g/mol. The molecule has 0 spiro atoms. The highest BCUT2D eigenvalue weighted by molar-refractivity contribution is 6.20. The summed E-state index contributed by atoms with van der Waals surface area (Å²) in [5.41, 5.74) is 0.338. The first-order valence-corrected chi connectivity index (χ1v) is 7.09. The molecule has 0 aliphatic carbocycles. The van der Waals surface area contributed by atoms with Crippen LogP contribution in [-0.4, -0.2) is 29.0 Å². The van der Waals surface area contributed by atoms with E-state index in [1.165, 1.54) is 43.3 Å². The van der Waals surface area contributed by atoms with Crippen molar-refractivity contribution in [3.05, 3.63) is 65.5 Å². The molecule has 6 nitrogen and oxygen atoms in total. The summed E-state index contributed by atoms with van der Waals surface area (Å²) in [5.74, 6) is -2.53. The van der Waals surface area contributed by atoms with Gasteiger partial charge in [0.25, 0.3) is 11.8 Å². The summed E-state index contributed by atoms with van der Waals surface area (Å²) < 4.78 is 18.1. The molecule has 7 heteroatoms. The first-order chi connectivity index (χ1) is 11.5. The molecule has 1 aliphatic heterocycles. The predicted octanol–water partition coefficient (Wildman–Crippen LogP) is 2.35. The van der Waals surface area contributed by atoms with Gasteiger partial charge in [-0.05, 0) is 43.3 Å². The Morgan fingerprint density at radius 2 is 1.54 bits per heavy atom. The van der Waals surface area contributed by atoms with Gasteiger partial charge in [-0.15, -0.1) is 0 Å². The van der Waals surface area contributed by atoms with E-state index in [0.29, 0.717) is 5.06 Å². The number of imide groups is 1. The number of carbonyl (C=O) groups excluding carboxylic acids is 3. The number of ether oxygens (including phenoxy) is 1. The first kappa shape index (κ1) is 15.7. The van der Waals surface area contributed by atoms with Crippen LogP contribution in [0.3, 0.4) is 0 Å². The zero-order chi connectivity index (χ0) is 17.3. The number of hydrogen-bond acceptors (Lipinski definition) is 5. The normalized spacial score (nSPS) is 14.3. The molecule has 0 bridgehead atoms. The molecule has 1 atom stereocenters. The predicted molar refractivity (Wildman–Crippen MR) is 79.5 cm³/mol. The molecule has 1 heterocycles. The standard InChI is InChI=1S/C17H12FNO5/c1-10(23-12-8-6-11(18)7-9-12)17(22)24-19-15(20)13-4-2-3-5-14(13)16(19)21/h2-10H,1H3. The number of hydrogen-bond donors (Lipinski definition) is 0. The minimum Gasteiger partial charge on any atom is -0.479 e. The summed E-state index contributed by atoms with van der Waals surface area (Å²) in [6, 6.07) is 11.2. The third kappa shape index (κ3) is 2.83. The molecule has 0 aromatic heterocycles.